The Morgan fingerprint density at radius 2 is 1.75 bits per heavy atom. The van der Waals surface area contributed by atoms with Crippen LogP contribution in [0.15, 0.2) is 0 Å². The van der Waals surface area contributed by atoms with Crippen molar-refractivity contribution in [2.75, 3.05) is 4.43 Å². The molecule has 0 aromatic rings. The molecule has 70 valence electrons. The number of halogens is 1. The van der Waals surface area contributed by atoms with Gasteiger partial charge in [-0.1, -0.05) is 29.5 Å². The number of rotatable bonds is 5. The average Bonchev–Trinajstić information content (AvgIpc) is 1.98. The average molecular weight is 282 g/mol. The van der Waals surface area contributed by atoms with E-state index < -0.39 is 0 Å². The van der Waals surface area contributed by atoms with Crippen LogP contribution in [0.25, 0.3) is 0 Å². The predicted octanol–water partition coefficient (Wildman–Crippen LogP) is 2.24. The lowest BCUT2D eigenvalue weighted by Gasteiger charge is -2.17. The second-order valence-corrected chi connectivity index (χ2v) is 4.17. The molecule has 2 atom stereocenters. The van der Waals surface area contributed by atoms with Gasteiger partial charge in [0.05, 0.1) is 0 Å². The molecule has 0 fully saturated rings. The maximum Gasteiger partial charge on any atom is 0.133 e. The fourth-order valence-corrected chi connectivity index (χ4v) is 1.88. The van der Waals surface area contributed by atoms with E-state index >= 15 is 0 Å². The molecule has 0 radical (unpaired) electrons. The Hall–Kier alpha value is 0.0700. The molecule has 0 aliphatic carbocycles. The second-order valence-electron chi connectivity index (χ2n) is 3.09. The molecule has 2 unspecified atom stereocenters. The highest BCUT2D eigenvalue weighted by atomic mass is 127. The van der Waals surface area contributed by atoms with Gasteiger partial charge in [0, 0.05) is 16.3 Å². The van der Waals surface area contributed by atoms with Gasteiger partial charge in [-0.3, -0.25) is 9.59 Å². The summed E-state index contributed by atoms with van der Waals surface area (Å²) < 4.78 is 0.930. The van der Waals surface area contributed by atoms with Crippen molar-refractivity contribution >= 4 is 34.2 Å². The maximum atomic E-state index is 11.1. The van der Waals surface area contributed by atoms with E-state index in [1.807, 2.05) is 6.92 Å². The molecular weight excluding hydrogens is 267 g/mol. The lowest BCUT2D eigenvalue weighted by Crippen LogP contribution is -2.25. The number of alkyl halides is 1. The van der Waals surface area contributed by atoms with E-state index in [0.29, 0.717) is 0 Å². The van der Waals surface area contributed by atoms with Gasteiger partial charge in [-0.05, 0) is 20.3 Å². The molecule has 0 aliphatic rings. The fourth-order valence-electron chi connectivity index (χ4n) is 1.21. The van der Waals surface area contributed by atoms with Crippen molar-refractivity contribution in [1.29, 1.82) is 0 Å². The van der Waals surface area contributed by atoms with Crippen LogP contribution in [-0.2, 0) is 9.59 Å². The highest BCUT2D eigenvalue weighted by molar-refractivity contribution is 14.1. The van der Waals surface area contributed by atoms with Crippen molar-refractivity contribution in [3.63, 3.8) is 0 Å². The summed E-state index contributed by atoms with van der Waals surface area (Å²) in [5.41, 5.74) is 0. The van der Waals surface area contributed by atoms with Crippen LogP contribution < -0.4 is 0 Å². The monoisotopic (exact) mass is 282 g/mol. The van der Waals surface area contributed by atoms with Gasteiger partial charge >= 0.3 is 0 Å². The summed E-state index contributed by atoms with van der Waals surface area (Å²) in [4.78, 5) is 22.1. The molecule has 0 aromatic heterocycles. The van der Waals surface area contributed by atoms with Crippen LogP contribution in [-0.4, -0.2) is 16.0 Å². The van der Waals surface area contributed by atoms with E-state index in [2.05, 4.69) is 22.6 Å². The van der Waals surface area contributed by atoms with Gasteiger partial charge in [0.15, 0.2) is 0 Å². The second kappa shape index (κ2) is 5.67. The molecule has 0 rings (SSSR count). The van der Waals surface area contributed by atoms with Crippen molar-refractivity contribution in [2.24, 2.45) is 11.8 Å². The third-order valence-electron chi connectivity index (χ3n) is 2.19. The number of hydrogen-bond donors (Lipinski definition) is 0. The fraction of sp³-hybridized carbons (Fsp3) is 0.778. The molecule has 0 amide bonds. The Labute approximate surface area is 87.2 Å². The minimum absolute atomic E-state index is 0.0700. The first-order valence-corrected chi connectivity index (χ1v) is 5.60. The summed E-state index contributed by atoms with van der Waals surface area (Å²) in [7, 11) is 0. The quantitative estimate of drug-likeness (QED) is 0.572. The molecule has 0 saturated carbocycles. The van der Waals surface area contributed by atoms with Gasteiger partial charge in [0.25, 0.3) is 0 Å². The van der Waals surface area contributed by atoms with Gasteiger partial charge in [-0.25, -0.2) is 0 Å². The number of hydrogen-bond acceptors (Lipinski definition) is 2. The molecule has 0 aliphatic heterocycles. The van der Waals surface area contributed by atoms with Crippen molar-refractivity contribution in [2.45, 2.75) is 27.2 Å². The number of carbonyl (C=O) groups excluding carboxylic acids is 2. The van der Waals surface area contributed by atoms with Crippen LogP contribution in [0.1, 0.15) is 27.2 Å². The molecule has 3 heteroatoms. The maximum absolute atomic E-state index is 11.1. The SMILES string of the molecule is CC(=O)C(C)C(CCI)C(C)=O. The summed E-state index contributed by atoms with van der Waals surface area (Å²) >= 11 is 2.23. The molecule has 0 heterocycles. The van der Waals surface area contributed by atoms with Crippen molar-refractivity contribution in [1.82, 2.24) is 0 Å². The Morgan fingerprint density at radius 3 is 2.00 bits per heavy atom. The molecule has 0 N–H and O–H groups in total. The lowest BCUT2D eigenvalue weighted by atomic mass is 9.86. The minimum Gasteiger partial charge on any atom is -0.300 e. The van der Waals surface area contributed by atoms with Crippen LogP contribution in [0.3, 0.4) is 0 Å². The van der Waals surface area contributed by atoms with Crippen molar-refractivity contribution < 1.29 is 9.59 Å². The smallest absolute Gasteiger partial charge is 0.133 e. The first-order valence-electron chi connectivity index (χ1n) is 4.07. The topological polar surface area (TPSA) is 34.1 Å². The highest BCUT2D eigenvalue weighted by Crippen LogP contribution is 2.18. The van der Waals surface area contributed by atoms with Crippen LogP contribution >= 0.6 is 22.6 Å². The molecule has 2 nitrogen and oxygen atoms in total. The summed E-state index contributed by atoms with van der Waals surface area (Å²) in [6, 6.07) is 0. The van der Waals surface area contributed by atoms with E-state index in [1.54, 1.807) is 13.8 Å². The van der Waals surface area contributed by atoms with Gasteiger partial charge in [-0.15, -0.1) is 0 Å². The van der Waals surface area contributed by atoms with Gasteiger partial charge < -0.3 is 0 Å². The van der Waals surface area contributed by atoms with Gasteiger partial charge in [0.2, 0.25) is 0 Å². The molecule has 0 spiro atoms. The third kappa shape index (κ3) is 3.65. The summed E-state index contributed by atoms with van der Waals surface area (Å²) in [5.74, 6) is 0.0612. The number of carbonyl (C=O) groups is 2. The molecule has 12 heavy (non-hydrogen) atoms. The van der Waals surface area contributed by atoms with E-state index in [4.69, 9.17) is 0 Å². The zero-order chi connectivity index (χ0) is 9.72. The van der Waals surface area contributed by atoms with E-state index in [1.165, 1.54) is 0 Å². The molecular formula is C9H15IO2. The Bertz CT molecular complexity index is 177. The largest absolute Gasteiger partial charge is 0.300 e. The summed E-state index contributed by atoms with van der Waals surface area (Å²) in [5, 5.41) is 0. The molecule has 0 aromatic carbocycles. The van der Waals surface area contributed by atoms with E-state index in [-0.39, 0.29) is 23.4 Å². The van der Waals surface area contributed by atoms with E-state index in [9.17, 15) is 9.59 Å². The Morgan fingerprint density at radius 1 is 1.25 bits per heavy atom. The Kier molecular flexibility index (Phi) is 5.70. The predicted molar refractivity (Wildman–Crippen MR) is 57.5 cm³/mol. The van der Waals surface area contributed by atoms with Crippen LogP contribution in [0.2, 0.25) is 0 Å². The standard InChI is InChI=1S/C9H15IO2/c1-6(7(2)11)9(4-5-10)8(3)12/h6,9H,4-5H2,1-3H3. The normalized spacial score (nSPS) is 15.3. The molecule has 0 saturated heterocycles. The van der Waals surface area contributed by atoms with Crippen LogP contribution in [0.4, 0.5) is 0 Å². The van der Waals surface area contributed by atoms with Gasteiger partial charge in [0.1, 0.15) is 11.6 Å². The van der Waals surface area contributed by atoms with Crippen LogP contribution in [0, 0.1) is 11.8 Å². The number of ketones is 2. The number of Topliss-reactive ketones (excluding diaryl/α,β-unsaturated/α-hetero) is 2. The summed E-state index contributed by atoms with van der Waals surface area (Å²) in [6.45, 7) is 4.95. The molecule has 0 bridgehead atoms. The first-order chi connectivity index (χ1) is 5.50. The third-order valence-corrected chi connectivity index (χ3v) is 2.81. The van der Waals surface area contributed by atoms with Crippen molar-refractivity contribution in [3.05, 3.63) is 0 Å². The van der Waals surface area contributed by atoms with Crippen molar-refractivity contribution in [3.8, 4) is 0 Å². The first kappa shape index (κ1) is 12.1. The zero-order valence-electron chi connectivity index (χ0n) is 7.76. The zero-order valence-corrected chi connectivity index (χ0v) is 9.92. The lowest BCUT2D eigenvalue weighted by molar-refractivity contribution is -0.129. The Balaban J connectivity index is 4.28. The minimum atomic E-state index is -0.114. The van der Waals surface area contributed by atoms with Crippen LogP contribution in [0.5, 0.6) is 0 Å². The summed E-state index contributed by atoms with van der Waals surface area (Å²) in [6.07, 6.45) is 0.816. The van der Waals surface area contributed by atoms with Gasteiger partial charge in [-0.2, -0.15) is 0 Å². The highest BCUT2D eigenvalue weighted by Gasteiger charge is 2.24. The van der Waals surface area contributed by atoms with E-state index in [0.717, 1.165) is 10.8 Å².